The van der Waals surface area contributed by atoms with E-state index in [0.717, 1.165) is 6.42 Å². The van der Waals surface area contributed by atoms with Gasteiger partial charge in [-0.3, -0.25) is 4.79 Å². The lowest BCUT2D eigenvalue weighted by atomic mass is 10.1. The molecule has 0 unspecified atom stereocenters. The molecule has 0 fully saturated rings. The maximum atomic E-state index is 11.6. The number of allylic oxidation sites excluding steroid dienone is 7. The second-order valence-electron chi connectivity index (χ2n) is 5.60. The first kappa shape index (κ1) is 22.1. The highest BCUT2D eigenvalue weighted by molar-refractivity contribution is 5.90. The molecule has 0 saturated heterocycles. The van der Waals surface area contributed by atoms with Gasteiger partial charge in [0.15, 0.2) is 5.78 Å². The molecule has 1 N–H and O–H groups in total. The number of aliphatic hydroxyl groups excluding tert-OH is 1. The van der Waals surface area contributed by atoms with E-state index in [4.69, 9.17) is 0 Å². The van der Waals surface area contributed by atoms with Crippen molar-refractivity contribution in [3.05, 3.63) is 48.6 Å². The summed E-state index contributed by atoms with van der Waals surface area (Å²) in [5.74, 6) is -1.05. The molecule has 0 aliphatic rings. The minimum absolute atomic E-state index is 0.0430. The SMILES string of the molecule is CCCCC/C=C\CC(=O)/C=C/C=C/C=C/[C@@H](O)CCCC(=O)[O-]. The van der Waals surface area contributed by atoms with E-state index in [2.05, 4.69) is 13.0 Å². The molecule has 4 heteroatoms. The Balaban J connectivity index is 3.83. The number of carbonyl (C=O) groups excluding carboxylic acids is 2. The summed E-state index contributed by atoms with van der Waals surface area (Å²) in [7, 11) is 0. The fourth-order valence-electron chi connectivity index (χ4n) is 1.93. The summed E-state index contributed by atoms with van der Waals surface area (Å²) in [6.45, 7) is 2.17. The van der Waals surface area contributed by atoms with E-state index in [-0.39, 0.29) is 12.2 Å². The van der Waals surface area contributed by atoms with Crippen molar-refractivity contribution in [3.63, 3.8) is 0 Å². The van der Waals surface area contributed by atoms with E-state index in [1.165, 1.54) is 25.3 Å². The predicted octanol–water partition coefficient (Wildman–Crippen LogP) is 3.03. The van der Waals surface area contributed by atoms with Crippen molar-refractivity contribution in [1.29, 1.82) is 0 Å². The van der Waals surface area contributed by atoms with E-state index in [1.54, 1.807) is 30.4 Å². The summed E-state index contributed by atoms with van der Waals surface area (Å²) < 4.78 is 0. The number of rotatable bonds is 14. The van der Waals surface area contributed by atoms with E-state index in [1.807, 2.05) is 6.08 Å². The van der Waals surface area contributed by atoms with Crippen LogP contribution in [0.5, 0.6) is 0 Å². The smallest absolute Gasteiger partial charge is 0.159 e. The lowest BCUT2D eigenvalue weighted by molar-refractivity contribution is -0.305. The number of unbranched alkanes of at least 4 members (excludes halogenated alkanes) is 3. The molecule has 0 saturated carbocycles. The van der Waals surface area contributed by atoms with E-state index in [0.29, 0.717) is 19.3 Å². The monoisotopic (exact) mass is 333 g/mol. The highest BCUT2D eigenvalue weighted by Gasteiger charge is 1.97. The second-order valence-corrected chi connectivity index (χ2v) is 5.60. The number of hydrogen-bond donors (Lipinski definition) is 1. The van der Waals surface area contributed by atoms with Gasteiger partial charge >= 0.3 is 0 Å². The molecule has 0 aliphatic heterocycles. The number of ketones is 1. The molecule has 0 heterocycles. The molecular weight excluding hydrogens is 304 g/mol. The molecular formula is C20H29O4-. The Morgan fingerprint density at radius 3 is 2.50 bits per heavy atom. The van der Waals surface area contributed by atoms with Gasteiger partial charge < -0.3 is 15.0 Å². The van der Waals surface area contributed by atoms with Gasteiger partial charge in [-0.2, -0.15) is 0 Å². The van der Waals surface area contributed by atoms with Gasteiger partial charge in [-0.05, 0) is 38.2 Å². The van der Waals surface area contributed by atoms with Crippen molar-refractivity contribution in [3.8, 4) is 0 Å². The first-order valence-corrected chi connectivity index (χ1v) is 8.63. The topological polar surface area (TPSA) is 77.4 Å². The van der Waals surface area contributed by atoms with Crippen molar-refractivity contribution in [2.45, 2.75) is 64.4 Å². The highest BCUT2D eigenvalue weighted by atomic mass is 16.4. The molecule has 0 aromatic carbocycles. The minimum atomic E-state index is -1.10. The standard InChI is InChI=1S/C20H30O4/c1-2-3-4-5-6-9-13-18(21)14-10-7-8-11-15-19(22)16-12-17-20(23)24/h6-11,14-15,19,22H,2-5,12-13,16-17H2,1H3,(H,23,24)/p-1/b8-7+,9-6-,14-10+,15-11+/t19-/m1/s1. The lowest BCUT2D eigenvalue weighted by Crippen LogP contribution is -2.22. The summed E-state index contributed by atoms with van der Waals surface area (Å²) in [5, 5.41) is 19.8. The van der Waals surface area contributed by atoms with Gasteiger partial charge in [0.1, 0.15) is 0 Å². The molecule has 0 aliphatic carbocycles. The normalized spacial score (nSPS) is 13.6. The molecule has 134 valence electrons. The molecule has 0 radical (unpaired) electrons. The van der Waals surface area contributed by atoms with E-state index >= 15 is 0 Å². The predicted molar refractivity (Wildman–Crippen MR) is 95.2 cm³/mol. The molecule has 0 rings (SSSR count). The number of carboxylic acids is 1. The first-order valence-electron chi connectivity index (χ1n) is 8.63. The fourth-order valence-corrected chi connectivity index (χ4v) is 1.93. The third kappa shape index (κ3) is 16.4. The fraction of sp³-hybridized carbons (Fsp3) is 0.500. The van der Waals surface area contributed by atoms with Crippen LogP contribution in [0.25, 0.3) is 0 Å². The van der Waals surface area contributed by atoms with Gasteiger partial charge in [-0.15, -0.1) is 0 Å². The van der Waals surface area contributed by atoms with Crippen LogP contribution in [-0.4, -0.2) is 23.0 Å². The Hall–Kier alpha value is -1.94. The molecule has 1 atom stereocenters. The van der Waals surface area contributed by atoms with Crippen LogP contribution in [0.15, 0.2) is 48.6 Å². The van der Waals surface area contributed by atoms with Gasteiger partial charge in [0.05, 0.1) is 6.10 Å². The average molecular weight is 333 g/mol. The van der Waals surface area contributed by atoms with Crippen molar-refractivity contribution in [2.24, 2.45) is 0 Å². The Labute approximate surface area is 145 Å². The molecule has 0 aromatic rings. The number of aliphatic hydroxyl groups is 1. The lowest BCUT2D eigenvalue weighted by Gasteiger charge is -2.04. The average Bonchev–Trinajstić information content (AvgIpc) is 2.53. The Morgan fingerprint density at radius 2 is 1.79 bits per heavy atom. The van der Waals surface area contributed by atoms with Crippen LogP contribution >= 0.6 is 0 Å². The number of carbonyl (C=O) groups is 2. The van der Waals surface area contributed by atoms with Crippen molar-refractivity contribution >= 4 is 11.8 Å². The summed E-state index contributed by atoms with van der Waals surface area (Å²) in [6, 6.07) is 0. The van der Waals surface area contributed by atoms with Crippen molar-refractivity contribution in [1.82, 2.24) is 0 Å². The molecule has 0 aromatic heterocycles. The van der Waals surface area contributed by atoms with E-state index in [9.17, 15) is 19.8 Å². The van der Waals surface area contributed by atoms with Gasteiger partial charge in [-0.1, -0.05) is 62.3 Å². The third-order valence-electron chi connectivity index (χ3n) is 3.29. The molecule has 24 heavy (non-hydrogen) atoms. The third-order valence-corrected chi connectivity index (χ3v) is 3.29. The van der Waals surface area contributed by atoms with Gasteiger partial charge in [0.2, 0.25) is 0 Å². The van der Waals surface area contributed by atoms with Crippen LogP contribution in [0.4, 0.5) is 0 Å². The Kier molecular flexibility index (Phi) is 14.6. The van der Waals surface area contributed by atoms with Gasteiger partial charge in [-0.25, -0.2) is 0 Å². The summed E-state index contributed by atoms with van der Waals surface area (Å²) >= 11 is 0. The van der Waals surface area contributed by atoms with Crippen LogP contribution in [0.2, 0.25) is 0 Å². The number of aliphatic carboxylic acids is 1. The minimum Gasteiger partial charge on any atom is -0.550 e. The maximum Gasteiger partial charge on any atom is 0.159 e. The van der Waals surface area contributed by atoms with Crippen molar-refractivity contribution in [2.75, 3.05) is 0 Å². The van der Waals surface area contributed by atoms with Crippen LogP contribution in [0.3, 0.4) is 0 Å². The van der Waals surface area contributed by atoms with Crippen LogP contribution < -0.4 is 5.11 Å². The highest BCUT2D eigenvalue weighted by Crippen LogP contribution is 2.02. The quantitative estimate of drug-likeness (QED) is 0.229. The van der Waals surface area contributed by atoms with E-state index < -0.39 is 12.1 Å². The zero-order valence-electron chi connectivity index (χ0n) is 14.5. The summed E-state index contributed by atoms with van der Waals surface area (Å²) in [5.41, 5.74) is 0. The van der Waals surface area contributed by atoms with Gasteiger partial charge in [0.25, 0.3) is 0 Å². The van der Waals surface area contributed by atoms with Crippen LogP contribution in [0.1, 0.15) is 58.3 Å². The molecule has 0 amide bonds. The molecule has 0 bridgehead atoms. The summed E-state index contributed by atoms with van der Waals surface area (Å²) in [6.07, 6.45) is 19.0. The Morgan fingerprint density at radius 1 is 1.04 bits per heavy atom. The first-order chi connectivity index (χ1) is 11.6. The van der Waals surface area contributed by atoms with Crippen LogP contribution in [0, 0.1) is 0 Å². The Bertz CT molecular complexity index is 458. The molecule has 4 nitrogen and oxygen atoms in total. The van der Waals surface area contributed by atoms with Crippen LogP contribution in [-0.2, 0) is 9.59 Å². The molecule has 0 spiro atoms. The maximum absolute atomic E-state index is 11.6. The second kappa shape index (κ2) is 15.9. The number of carboxylic acid groups (broad SMARTS) is 1. The summed E-state index contributed by atoms with van der Waals surface area (Å²) in [4.78, 5) is 21.8. The zero-order valence-corrected chi connectivity index (χ0v) is 14.5. The van der Waals surface area contributed by atoms with Crippen molar-refractivity contribution < 1.29 is 19.8 Å². The zero-order chi connectivity index (χ0) is 18.0. The number of hydrogen-bond acceptors (Lipinski definition) is 4. The van der Waals surface area contributed by atoms with Gasteiger partial charge in [0, 0.05) is 12.4 Å². The largest absolute Gasteiger partial charge is 0.550 e.